The summed E-state index contributed by atoms with van der Waals surface area (Å²) >= 11 is 1.68. The van der Waals surface area contributed by atoms with Gasteiger partial charge >= 0.3 is 0 Å². The number of nitrogens with zero attached hydrogens (tertiary/aromatic N) is 4. The number of nitrogens with one attached hydrogen (secondary N) is 1. The van der Waals surface area contributed by atoms with Gasteiger partial charge in [0.05, 0.1) is 6.20 Å². The molecule has 0 bridgehead atoms. The maximum Gasteiger partial charge on any atom is 0.193 e. The number of benzene rings is 1. The van der Waals surface area contributed by atoms with Gasteiger partial charge in [-0.15, -0.1) is 11.3 Å². The maximum absolute atomic E-state index is 4.45. The van der Waals surface area contributed by atoms with Gasteiger partial charge in [0.1, 0.15) is 0 Å². The van der Waals surface area contributed by atoms with Crippen molar-refractivity contribution in [3.8, 4) is 16.3 Å². The SMILES string of the molecule is c1ccc(-c2cn[nH]c2C2CCN(Cc3cccn3-c3nccs3)CC2)cc1. The van der Waals surface area contributed by atoms with E-state index in [1.54, 1.807) is 11.3 Å². The molecule has 0 atom stereocenters. The lowest BCUT2D eigenvalue weighted by Crippen LogP contribution is -2.33. The number of hydrogen-bond acceptors (Lipinski definition) is 4. The first-order chi connectivity index (χ1) is 13.9. The van der Waals surface area contributed by atoms with Gasteiger partial charge in [-0.25, -0.2) is 4.98 Å². The van der Waals surface area contributed by atoms with Crippen molar-refractivity contribution in [3.05, 3.63) is 77.8 Å². The van der Waals surface area contributed by atoms with E-state index in [-0.39, 0.29) is 0 Å². The van der Waals surface area contributed by atoms with Crippen molar-refractivity contribution in [1.29, 1.82) is 0 Å². The minimum absolute atomic E-state index is 0.541. The first-order valence-corrected chi connectivity index (χ1v) is 10.6. The Balaban J connectivity index is 1.26. The molecule has 1 aromatic carbocycles. The Morgan fingerprint density at radius 3 is 2.71 bits per heavy atom. The summed E-state index contributed by atoms with van der Waals surface area (Å²) in [6.07, 6.45) is 8.25. The minimum atomic E-state index is 0.541. The average molecular weight is 390 g/mol. The number of aromatic nitrogens is 4. The van der Waals surface area contributed by atoms with Gasteiger partial charge in [-0.05, 0) is 43.6 Å². The monoisotopic (exact) mass is 389 g/mol. The highest BCUT2D eigenvalue weighted by molar-refractivity contribution is 7.12. The molecule has 0 aliphatic carbocycles. The number of rotatable bonds is 5. The quantitative estimate of drug-likeness (QED) is 0.538. The molecular weight excluding hydrogens is 366 g/mol. The van der Waals surface area contributed by atoms with Crippen molar-refractivity contribution in [1.82, 2.24) is 24.6 Å². The normalized spacial score (nSPS) is 15.9. The Morgan fingerprint density at radius 2 is 1.93 bits per heavy atom. The fourth-order valence-electron chi connectivity index (χ4n) is 4.13. The highest BCUT2D eigenvalue weighted by Crippen LogP contribution is 2.34. The van der Waals surface area contributed by atoms with Crippen LogP contribution < -0.4 is 0 Å². The minimum Gasteiger partial charge on any atom is -0.298 e. The van der Waals surface area contributed by atoms with Crippen molar-refractivity contribution < 1.29 is 0 Å². The molecule has 4 aromatic rings. The van der Waals surface area contributed by atoms with Crippen LogP contribution in [0.4, 0.5) is 0 Å². The molecular formula is C22H23N5S. The molecule has 1 aliphatic heterocycles. The summed E-state index contributed by atoms with van der Waals surface area (Å²) in [4.78, 5) is 7.00. The van der Waals surface area contributed by atoms with E-state index in [4.69, 9.17) is 0 Å². The largest absolute Gasteiger partial charge is 0.298 e. The summed E-state index contributed by atoms with van der Waals surface area (Å²) in [7, 11) is 0. The van der Waals surface area contributed by atoms with Crippen LogP contribution >= 0.6 is 11.3 Å². The third-order valence-corrected chi connectivity index (χ3v) is 6.36. The second kappa shape index (κ2) is 7.73. The summed E-state index contributed by atoms with van der Waals surface area (Å²) < 4.78 is 2.21. The van der Waals surface area contributed by atoms with E-state index >= 15 is 0 Å². The summed E-state index contributed by atoms with van der Waals surface area (Å²) in [5.74, 6) is 0.541. The van der Waals surface area contributed by atoms with Crippen molar-refractivity contribution in [3.63, 3.8) is 0 Å². The van der Waals surface area contributed by atoms with E-state index < -0.39 is 0 Å². The highest BCUT2D eigenvalue weighted by Gasteiger charge is 2.25. The first-order valence-electron chi connectivity index (χ1n) is 9.75. The van der Waals surface area contributed by atoms with Crippen molar-refractivity contribution in [2.24, 2.45) is 0 Å². The Kier molecular flexibility index (Phi) is 4.81. The number of hydrogen-bond donors (Lipinski definition) is 1. The predicted octanol–water partition coefficient (Wildman–Crippen LogP) is 4.70. The zero-order chi connectivity index (χ0) is 18.8. The topological polar surface area (TPSA) is 49.7 Å². The van der Waals surface area contributed by atoms with Gasteiger partial charge in [-0.3, -0.25) is 14.6 Å². The van der Waals surface area contributed by atoms with E-state index in [0.717, 1.165) is 37.6 Å². The molecule has 1 N–H and O–H groups in total. The van der Waals surface area contributed by atoms with Crippen LogP contribution in [0.1, 0.15) is 30.1 Å². The summed E-state index contributed by atoms with van der Waals surface area (Å²) in [5.41, 5.74) is 5.09. The van der Waals surface area contributed by atoms with E-state index in [1.165, 1.54) is 22.5 Å². The fraction of sp³-hybridized carbons (Fsp3) is 0.273. The lowest BCUT2D eigenvalue weighted by Gasteiger charge is -2.32. The molecule has 5 rings (SSSR count). The van der Waals surface area contributed by atoms with Gasteiger partial charge in [0.2, 0.25) is 0 Å². The average Bonchev–Trinajstić information content (AvgIpc) is 3.50. The van der Waals surface area contributed by atoms with Gasteiger partial charge < -0.3 is 0 Å². The molecule has 0 amide bonds. The summed E-state index contributed by atoms with van der Waals surface area (Å²) in [6.45, 7) is 3.16. The van der Waals surface area contributed by atoms with Gasteiger partial charge in [0.15, 0.2) is 5.13 Å². The van der Waals surface area contributed by atoms with Crippen molar-refractivity contribution in [2.45, 2.75) is 25.3 Å². The van der Waals surface area contributed by atoms with Crippen LogP contribution in [0.2, 0.25) is 0 Å². The summed E-state index contributed by atoms with van der Waals surface area (Å²) in [6, 6.07) is 14.9. The van der Waals surface area contributed by atoms with Crippen LogP contribution in [0.15, 0.2) is 66.4 Å². The molecule has 28 heavy (non-hydrogen) atoms. The standard InChI is InChI=1S/C22H23N5S/c1-2-5-17(6-3-1)20-15-24-25-21(20)18-8-12-26(13-9-18)16-19-7-4-11-27(19)22-23-10-14-28-22/h1-7,10-11,14-15,18H,8-9,12-13,16H2,(H,24,25). The van der Waals surface area contributed by atoms with Gasteiger partial charge in [0, 0.05) is 47.2 Å². The number of thiazole rings is 1. The molecule has 5 nitrogen and oxygen atoms in total. The lowest BCUT2D eigenvalue weighted by atomic mass is 9.89. The molecule has 1 aliphatic rings. The second-order valence-corrected chi connectivity index (χ2v) is 8.17. The number of H-pyrrole nitrogens is 1. The Morgan fingerprint density at radius 1 is 1.07 bits per heavy atom. The second-order valence-electron chi connectivity index (χ2n) is 7.30. The Labute approximate surface area is 168 Å². The zero-order valence-corrected chi connectivity index (χ0v) is 16.5. The van der Waals surface area contributed by atoms with Gasteiger partial charge in [-0.2, -0.15) is 5.10 Å². The third-order valence-electron chi connectivity index (χ3n) is 5.59. The molecule has 6 heteroatoms. The fourth-order valence-corrected chi connectivity index (χ4v) is 4.79. The molecule has 0 spiro atoms. The highest BCUT2D eigenvalue weighted by atomic mass is 32.1. The lowest BCUT2D eigenvalue weighted by molar-refractivity contribution is 0.200. The number of likely N-dealkylation sites (tertiary alicyclic amines) is 1. The van der Waals surface area contributed by atoms with Crippen LogP contribution in [0.25, 0.3) is 16.3 Å². The third kappa shape index (κ3) is 3.41. The van der Waals surface area contributed by atoms with Crippen LogP contribution in [0, 0.1) is 0 Å². The van der Waals surface area contributed by atoms with E-state index in [2.05, 4.69) is 73.3 Å². The molecule has 4 heterocycles. The predicted molar refractivity (Wildman–Crippen MR) is 113 cm³/mol. The molecule has 0 saturated carbocycles. The van der Waals surface area contributed by atoms with E-state index in [1.807, 2.05) is 17.8 Å². The van der Waals surface area contributed by atoms with Crippen LogP contribution in [-0.4, -0.2) is 37.7 Å². The van der Waals surface area contributed by atoms with Crippen LogP contribution in [0.3, 0.4) is 0 Å². The molecule has 0 unspecified atom stereocenters. The molecule has 1 saturated heterocycles. The molecule has 1 fully saturated rings. The zero-order valence-electron chi connectivity index (χ0n) is 15.7. The van der Waals surface area contributed by atoms with Crippen LogP contribution in [-0.2, 0) is 6.54 Å². The van der Waals surface area contributed by atoms with Gasteiger partial charge in [-0.1, -0.05) is 30.3 Å². The Hall–Kier alpha value is -2.70. The number of piperidine rings is 1. The van der Waals surface area contributed by atoms with E-state index in [9.17, 15) is 0 Å². The molecule has 142 valence electrons. The van der Waals surface area contributed by atoms with Crippen molar-refractivity contribution >= 4 is 11.3 Å². The van der Waals surface area contributed by atoms with Crippen molar-refractivity contribution in [2.75, 3.05) is 13.1 Å². The van der Waals surface area contributed by atoms with Gasteiger partial charge in [0.25, 0.3) is 0 Å². The van der Waals surface area contributed by atoms with E-state index in [0.29, 0.717) is 5.92 Å². The summed E-state index contributed by atoms with van der Waals surface area (Å²) in [5, 5.41) is 10.7. The maximum atomic E-state index is 4.45. The van der Waals surface area contributed by atoms with Crippen LogP contribution in [0.5, 0.6) is 0 Å². The molecule has 0 radical (unpaired) electrons. The smallest absolute Gasteiger partial charge is 0.193 e. The molecule has 3 aromatic heterocycles. The first kappa shape index (κ1) is 17.4. The Bertz CT molecular complexity index is 1010. The number of aromatic amines is 1.